The first-order valence-corrected chi connectivity index (χ1v) is 6.63. The van der Waals surface area contributed by atoms with Crippen LogP contribution >= 0.6 is 0 Å². The van der Waals surface area contributed by atoms with E-state index in [9.17, 15) is 0 Å². The number of anilines is 1. The molecule has 0 bridgehead atoms. The van der Waals surface area contributed by atoms with Gasteiger partial charge in [-0.05, 0) is 37.7 Å². The fraction of sp³-hybridized carbons (Fsp3) is 0.600. The average molecular weight is 234 g/mol. The van der Waals surface area contributed by atoms with Gasteiger partial charge in [-0.1, -0.05) is 38.8 Å². The minimum absolute atomic E-state index is 0.785. The Bertz CT molecular complexity index is 316. The molecule has 1 N–H and O–H groups in total. The van der Waals surface area contributed by atoms with E-state index >= 15 is 0 Å². The molecule has 0 aromatic heterocycles. The lowest BCUT2D eigenvalue weighted by Crippen LogP contribution is -2.13. The lowest BCUT2D eigenvalue weighted by Gasteiger charge is -2.15. The van der Waals surface area contributed by atoms with Crippen molar-refractivity contribution in [3.05, 3.63) is 29.8 Å². The third-order valence-corrected chi connectivity index (χ3v) is 3.18. The highest BCUT2D eigenvalue weighted by atomic mass is 15.0. The molecule has 2 nitrogen and oxygen atoms in total. The van der Waals surface area contributed by atoms with Crippen LogP contribution in [0.5, 0.6) is 0 Å². The Labute approximate surface area is 106 Å². The predicted molar refractivity (Wildman–Crippen MR) is 76.4 cm³/mol. The Morgan fingerprint density at radius 1 is 1.18 bits per heavy atom. The van der Waals surface area contributed by atoms with Gasteiger partial charge in [-0.3, -0.25) is 0 Å². The van der Waals surface area contributed by atoms with Crippen LogP contribution < -0.4 is 5.32 Å². The summed E-state index contributed by atoms with van der Waals surface area (Å²) in [6.45, 7) is 6.61. The van der Waals surface area contributed by atoms with E-state index in [-0.39, 0.29) is 0 Å². The molecular formula is C15H26N2. The van der Waals surface area contributed by atoms with Crippen molar-refractivity contribution in [3.8, 4) is 0 Å². The maximum Gasteiger partial charge on any atom is 0.0343 e. The molecule has 0 unspecified atom stereocenters. The molecule has 0 fully saturated rings. The lowest BCUT2D eigenvalue weighted by atomic mass is 10.0. The number of nitrogens with zero attached hydrogens (tertiary/aromatic N) is 1. The summed E-state index contributed by atoms with van der Waals surface area (Å²) in [6, 6.07) is 8.72. The van der Waals surface area contributed by atoms with E-state index < -0.39 is 0 Å². The zero-order chi connectivity index (χ0) is 12.7. The van der Waals surface area contributed by atoms with Crippen LogP contribution in [-0.4, -0.2) is 25.5 Å². The van der Waals surface area contributed by atoms with Crippen molar-refractivity contribution < 1.29 is 0 Å². The molecule has 17 heavy (non-hydrogen) atoms. The number of benzene rings is 1. The summed E-state index contributed by atoms with van der Waals surface area (Å²) in [5.41, 5.74) is 2.61. The predicted octanol–water partition coefficient (Wildman–Crippen LogP) is 3.60. The second-order valence-corrected chi connectivity index (χ2v) is 5.00. The Hall–Kier alpha value is -1.02. The van der Waals surface area contributed by atoms with Gasteiger partial charge < -0.3 is 10.2 Å². The molecule has 0 saturated carbocycles. The lowest BCUT2D eigenvalue weighted by molar-refractivity contribution is 0.402. The minimum Gasteiger partial charge on any atom is -0.385 e. The molecule has 1 rings (SSSR count). The van der Waals surface area contributed by atoms with Gasteiger partial charge in [0.05, 0.1) is 0 Å². The summed E-state index contributed by atoms with van der Waals surface area (Å²) in [6.07, 6.45) is 2.50. The summed E-state index contributed by atoms with van der Waals surface area (Å²) >= 11 is 0. The second kappa shape index (κ2) is 7.33. The molecule has 0 radical (unpaired) electrons. The van der Waals surface area contributed by atoms with Crippen LogP contribution in [0.3, 0.4) is 0 Å². The highest BCUT2D eigenvalue weighted by Gasteiger charge is 2.03. The molecule has 0 atom stereocenters. The quantitative estimate of drug-likeness (QED) is 0.775. The van der Waals surface area contributed by atoms with Gasteiger partial charge in [-0.25, -0.2) is 0 Å². The van der Waals surface area contributed by atoms with Crippen molar-refractivity contribution in [2.75, 3.05) is 26.0 Å². The molecule has 0 aliphatic carbocycles. The van der Waals surface area contributed by atoms with Crippen LogP contribution in [0, 0.1) is 5.92 Å². The van der Waals surface area contributed by atoms with E-state index in [0.29, 0.717) is 0 Å². The molecule has 2 heteroatoms. The van der Waals surface area contributed by atoms with Gasteiger partial charge in [0.2, 0.25) is 0 Å². The van der Waals surface area contributed by atoms with Crippen molar-refractivity contribution in [1.29, 1.82) is 0 Å². The van der Waals surface area contributed by atoms with Crippen LogP contribution in [0.15, 0.2) is 24.3 Å². The van der Waals surface area contributed by atoms with Crippen LogP contribution in [0.1, 0.15) is 32.3 Å². The van der Waals surface area contributed by atoms with Gasteiger partial charge in [0.25, 0.3) is 0 Å². The highest BCUT2D eigenvalue weighted by Crippen LogP contribution is 2.14. The maximum absolute atomic E-state index is 3.54. The summed E-state index contributed by atoms with van der Waals surface area (Å²) in [7, 11) is 4.20. The fourth-order valence-corrected chi connectivity index (χ4v) is 1.98. The topological polar surface area (TPSA) is 15.3 Å². The first kappa shape index (κ1) is 14.0. The zero-order valence-electron chi connectivity index (χ0n) is 11.7. The van der Waals surface area contributed by atoms with E-state index in [1.807, 2.05) is 0 Å². The molecule has 0 aliphatic heterocycles. The van der Waals surface area contributed by atoms with Gasteiger partial charge in [0, 0.05) is 18.8 Å². The average Bonchev–Trinajstić information content (AvgIpc) is 2.30. The van der Waals surface area contributed by atoms with Crippen LogP contribution in [0.4, 0.5) is 5.69 Å². The molecular weight excluding hydrogens is 208 g/mol. The molecule has 0 heterocycles. The Morgan fingerprint density at radius 3 is 2.47 bits per heavy atom. The van der Waals surface area contributed by atoms with Crippen molar-refractivity contribution in [3.63, 3.8) is 0 Å². The van der Waals surface area contributed by atoms with E-state index in [4.69, 9.17) is 0 Å². The first-order chi connectivity index (χ1) is 8.15. The molecule has 1 aromatic rings. The van der Waals surface area contributed by atoms with E-state index in [1.165, 1.54) is 24.1 Å². The third kappa shape index (κ3) is 5.22. The van der Waals surface area contributed by atoms with E-state index in [0.717, 1.165) is 19.0 Å². The first-order valence-electron chi connectivity index (χ1n) is 6.63. The molecule has 0 saturated heterocycles. The van der Waals surface area contributed by atoms with Crippen LogP contribution in [0.25, 0.3) is 0 Å². The monoisotopic (exact) mass is 234 g/mol. The summed E-state index contributed by atoms with van der Waals surface area (Å²) in [5.74, 6) is 0.785. The standard InChI is InChI=1S/C15H26N2/c1-5-13(6-2)11-16-15-9-7-8-14(10-15)12-17(3)4/h7-10,13,16H,5-6,11-12H2,1-4H3. The number of nitrogens with one attached hydrogen (secondary N) is 1. The number of hydrogen-bond donors (Lipinski definition) is 1. The van der Waals surface area contributed by atoms with Gasteiger partial charge in [-0.2, -0.15) is 0 Å². The highest BCUT2D eigenvalue weighted by molar-refractivity contribution is 5.45. The SMILES string of the molecule is CCC(CC)CNc1cccc(CN(C)C)c1. The Morgan fingerprint density at radius 2 is 1.88 bits per heavy atom. The summed E-state index contributed by atoms with van der Waals surface area (Å²) in [4.78, 5) is 2.19. The normalized spacial score (nSPS) is 11.2. The fourth-order valence-electron chi connectivity index (χ4n) is 1.98. The van der Waals surface area contributed by atoms with Gasteiger partial charge in [0.15, 0.2) is 0 Å². The van der Waals surface area contributed by atoms with Crippen molar-refractivity contribution >= 4 is 5.69 Å². The van der Waals surface area contributed by atoms with Crippen molar-refractivity contribution in [1.82, 2.24) is 4.90 Å². The maximum atomic E-state index is 3.54. The van der Waals surface area contributed by atoms with Crippen molar-refractivity contribution in [2.45, 2.75) is 33.2 Å². The van der Waals surface area contributed by atoms with Gasteiger partial charge in [-0.15, -0.1) is 0 Å². The Kier molecular flexibility index (Phi) is 6.06. The van der Waals surface area contributed by atoms with Crippen molar-refractivity contribution in [2.24, 2.45) is 5.92 Å². The molecule has 1 aromatic carbocycles. The Balaban J connectivity index is 2.53. The molecule has 0 spiro atoms. The van der Waals surface area contributed by atoms with Crippen LogP contribution in [0.2, 0.25) is 0 Å². The minimum atomic E-state index is 0.785. The van der Waals surface area contributed by atoms with E-state index in [2.05, 4.69) is 62.4 Å². The zero-order valence-corrected chi connectivity index (χ0v) is 11.7. The van der Waals surface area contributed by atoms with Gasteiger partial charge >= 0.3 is 0 Å². The number of rotatable bonds is 7. The smallest absolute Gasteiger partial charge is 0.0343 e. The van der Waals surface area contributed by atoms with Crippen LogP contribution in [-0.2, 0) is 6.54 Å². The second-order valence-electron chi connectivity index (χ2n) is 5.00. The summed E-state index contributed by atoms with van der Waals surface area (Å²) in [5, 5.41) is 3.54. The van der Waals surface area contributed by atoms with E-state index in [1.54, 1.807) is 0 Å². The largest absolute Gasteiger partial charge is 0.385 e. The molecule has 0 aliphatic rings. The summed E-state index contributed by atoms with van der Waals surface area (Å²) < 4.78 is 0. The number of hydrogen-bond acceptors (Lipinski definition) is 2. The van der Waals surface area contributed by atoms with Gasteiger partial charge in [0.1, 0.15) is 0 Å². The molecule has 0 amide bonds. The molecule has 96 valence electrons. The third-order valence-electron chi connectivity index (χ3n) is 3.18.